The summed E-state index contributed by atoms with van der Waals surface area (Å²) in [7, 11) is 1.71. The van der Waals surface area contributed by atoms with Crippen molar-refractivity contribution in [2.24, 2.45) is 0 Å². The number of aromatic carboxylic acids is 1. The normalized spacial score (nSPS) is 22.2. The lowest BCUT2D eigenvalue weighted by Gasteiger charge is -2.35. The molecule has 0 amide bonds. The number of nitrogens with zero attached hydrogens (tertiary/aromatic N) is 1. The van der Waals surface area contributed by atoms with Crippen LogP contribution < -0.4 is 5.32 Å². The number of methoxy groups -OCH3 is 1. The van der Waals surface area contributed by atoms with Crippen LogP contribution in [0.2, 0.25) is 0 Å². The van der Waals surface area contributed by atoms with E-state index in [0.717, 1.165) is 18.5 Å². The molecule has 110 valence electrons. The highest BCUT2D eigenvalue weighted by Gasteiger charge is 2.29. The molecule has 0 aliphatic heterocycles. The minimum Gasteiger partial charge on any atom is -0.478 e. The van der Waals surface area contributed by atoms with Gasteiger partial charge >= 0.3 is 5.97 Å². The van der Waals surface area contributed by atoms with E-state index >= 15 is 0 Å². The molecule has 2 N–H and O–H groups in total. The van der Waals surface area contributed by atoms with Crippen molar-refractivity contribution in [3.8, 4) is 0 Å². The first-order valence-electron chi connectivity index (χ1n) is 6.85. The molecule has 1 aromatic rings. The Labute approximate surface area is 119 Å². The molecule has 0 aromatic carbocycles. The molecular formula is C15H22N2O3. The SMILES string of the molecule is COC1CC(Nc2cc(C(=O)O)cc(C(C)(C)C)n2)C1. The van der Waals surface area contributed by atoms with Crippen LogP contribution in [0.15, 0.2) is 12.1 Å². The molecule has 5 nitrogen and oxygen atoms in total. The summed E-state index contributed by atoms with van der Waals surface area (Å²) in [6.07, 6.45) is 2.16. The van der Waals surface area contributed by atoms with Crippen molar-refractivity contribution in [3.05, 3.63) is 23.4 Å². The van der Waals surface area contributed by atoms with Gasteiger partial charge in [-0.2, -0.15) is 0 Å². The second kappa shape index (κ2) is 5.40. The third kappa shape index (κ3) is 3.28. The predicted molar refractivity (Wildman–Crippen MR) is 77.3 cm³/mol. The van der Waals surface area contributed by atoms with Crippen molar-refractivity contribution in [1.82, 2.24) is 4.98 Å². The van der Waals surface area contributed by atoms with E-state index in [-0.39, 0.29) is 11.0 Å². The summed E-state index contributed by atoms with van der Waals surface area (Å²) in [5.41, 5.74) is 0.869. The molecule has 0 atom stereocenters. The van der Waals surface area contributed by atoms with Crippen LogP contribution in [0.4, 0.5) is 5.82 Å². The average molecular weight is 278 g/mol. The molecular weight excluding hydrogens is 256 g/mol. The summed E-state index contributed by atoms with van der Waals surface area (Å²) in [6.45, 7) is 6.07. The maximum atomic E-state index is 11.2. The van der Waals surface area contributed by atoms with Crippen molar-refractivity contribution in [1.29, 1.82) is 0 Å². The van der Waals surface area contributed by atoms with Crippen molar-refractivity contribution in [2.75, 3.05) is 12.4 Å². The standard InChI is InChI=1S/C15H22N2O3/c1-15(2,3)12-5-9(14(18)19)6-13(17-12)16-10-7-11(8-10)20-4/h5-6,10-11H,7-8H2,1-4H3,(H,16,17)(H,18,19). The number of carbonyl (C=O) groups is 1. The van der Waals surface area contributed by atoms with E-state index < -0.39 is 5.97 Å². The maximum absolute atomic E-state index is 11.2. The Bertz CT molecular complexity index is 502. The maximum Gasteiger partial charge on any atom is 0.335 e. The highest BCUT2D eigenvalue weighted by molar-refractivity contribution is 5.88. The van der Waals surface area contributed by atoms with Crippen LogP contribution in [0.3, 0.4) is 0 Å². The minimum absolute atomic E-state index is 0.184. The van der Waals surface area contributed by atoms with Gasteiger partial charge in [0.1, 0.15) is 5.82 Å². The third-order valence-electron chi connectivity index (χ3n) is 3.62. The smallest absolute Gasteiger partial charge is 0.335 e. The van der Waals surface area contributed by atoms with E-state index in [1.54, 1.807) is 19.2 Å². The van der Waals surface area contributed by atoms with Crippen LogP contribution in [0.1, 0.15) is 49.7 Å². The molecule has 1 aliphatic carbocycles. The average Bonchev–Trinajstić information content (AvgIpc) is 2.31. The molecule has 0 saturated heterocycles. The van der Waals surface area contributed by atoms with Crippen LogP contribution in [0.25, 0.3) is 0 Å². The van der Waals surface area contributed by atoms with Crippen LogP contribution in [0.5, 0.6) is 0 Å². The van der Waals surface area contributed by atoms with Gasteiger partial charge in [-0.3, -0.25) is 0 Å². The lowest BCUT2D eigenvalue weighted by molar-refractivity contribution is 0.0327. The number of anilines is 1. The van der Waals surface area contributed by atoms with Crippen molar-refractivity contribution < 1.29 is 14.6 Å². The monoisotopic (exact) mass is 278 g/mol. The first kappa shape index (κ1) is 14.8. The van der Waals surface area contributed by atoms with Gasteiger partial charge in [0.2, 0.25) is 0 Å². The Hall–Kier alpha value is -1.62. The van der Waals surface area contributed by atoms with Crippen LogP contribution in [-0.4, -0.2) is 35.3 Å². The van der Waals surface area contributed by atoms with Gasteiger partial charge in [-0.25, -0.2) is 9.78 Å². The van der Waals surface area contributed by atoms with Gasteiger partial charge in [0.05, 0.1) is 11.7 Å². The summed E-state index contributed by atoms with van der Waals surface area (Å²) >= 11 is 0. The zero-order valence-electron chi connectivity index (χ0n) is 12.4. The number of hydrogen-bond donors (Lipinski definition) is 2. The lowest BCUT2D eigenvalue weighted by atomic mass is 9.89. The minimum atomic E-state index is -0.927. The second-order valence-corrected chi connectivity index (χ2v) is 6.35. The topological polar surface area (TPSA) is 71.5 Å². The van der Waals surface area contributed by atoms with Gasteiger partial charge in [0.25, 0.3) is 0 Å². The van der Waals surface area contributed by atoms with Gasteiger partial charge in [-0.15, -0.1) is 0 Å². The van der Waals surface area contributed by atoms with Crippen molar-refractivity contribution in [2.45, 2.75) is 51.2 Å². The Morgan fingerprint density at radius 2 is 2.05 bits per heavy atom. The van der Waals surface area contributed by atoms with E-state index in [0.29, 0.717) is 18.0 Å². The Morgan fingerprint density at radius 3 is 2.55 bits per heavy atom. The summed E-state index contributed by atoms with van der Waals surface area (Å²) in [5, 5.41) is 12.5. The summed E-state index contributed by atoms with van der Waals surface area (Å²) in [4.78, 5) is 15.8. The third-order valence-corrected chi connectivity index (χ3v) is 3.62. The number of ether oxygens (including phenoxy) is 1. The fourth-order valence-electron chi connectivity index (χ4n) is 2.20. The predicted octanol–water partition coefficient (Wildman–Crippen LogP) is 2.67. The number of hydrogen-bond acceptors (Lipinski definition) is 4. The van der Waals surface area contributed by atoms with Crippen molar-refractivity contribution in [3.63, 3.8) is 0 Å². The molecule has 1 aromatic heterocycles. The molecule has 0 radical (unpaired) electrons. The Kier molecular flexibility index (Phi) is 3.99. The summed E-state index contributed by atoms with van der Waals surface area (Å²) < 4.78 is 5.24. The fourth-order valence-corrected chi connectivity index (χ4v) is 2.20. The summed E-state index contributed by atoms with van der Waals surface area (Å²) in [5.74, 6) is -0.293. The lowest BCUT2D eigenvalue weighted by Crippen LogP contribution is -2.40. The largest absolute Gasteiger partial charge is 0.478 e. The van der Waals surface area contributed by atoms with Gasteiger partial charge < -0.3 is 15.2 Å². The fraction of sp³-hybridized carbons (Fsp3) is 0.600. The van der Waals surface area contributed by atoms with Crippen LogP contribution in [0, 0.1) is 0 Å². The first-order chi connectivity index (χ1) is 9.29. The Morgan fingerprint density at radius 1 is 1.40 bits per heavy atom. The van der Waals surface area contributed by atoms with Gasteiger partial charge in [0, 0.05) is 24.3 Å². The molecule has 0 spiro atoms. The van der Waals surface area contributed by atoms with Gasteiger partial charge in [-0.05, 0) is 25.0 Å². The van der Waals surface area contributed by atoms with Gasteiger partial charge in [0.15, 0.2) is 0 Å². The number of carboxylic acid groups (broad SMARTS) is 1. The van der Waals surface area contributed by atoms with E-state index in [2.05, 4.69) is 10.3 Å². The summed E-state index contributed by atoms with van der Waals surface area (Å²) in [6, 6.07) is 3.55. The Balaban J connectivity index is 2.19. The second-order valence-electron chi connectivity index (χ2n) is 6.35. The number of aromatic nitrogens is 1. The molecule has 20 heavy (non-hydrogen) atoms. The zero-order valence-corrected chi connectivity index (χ0v) is 12.4. The van der Waals surface area contributed by atoms with E-state index in [4.69, 9.17) is 4.74 Å². The van der Waals surface area contributed by atoms with Crippen LogP contribution >= 0.6 is 0 Å². The molecule has 1 fully saturated rings. The zero-order chi connectivity index (χ0) is 14.9. The van der Waals surface area contributed by atoms with Crippen LogP contribution in [-0.2, 0) is 10.2 Å². The van der Waals surface area contributed by atoms with E-state index in [9.17, 15) is 9.90 Å². The van der Waals surface area contributed by atoms with Crippen molar-refractivity contribution >= 4 is 11.8 Å². The molecule has 5 heteroatoms. The molecule has 1 saturated carbocycles. The van der Waals surface area contributed by atoms with Gasteiger partial charge in [-0.1, -0.05) is 20.8 Å². The molecule has 1 aliphatic rings. The number of carboxylic acids is 1. The number of pyridine rings is 1. The highest BCUT2D eigenvalue weighted by atomic mass is 16.5. The first-order valence-corrected chi connectivity index (χ1v) is 6.85. The quantitative estimate of drug-likeness (QED) is 0.886. The number of rotatable bonds is 4. The molecule has 2 rings (SSSR count). The van der Waals surface area contributed by atoms with E-state index in [1.807, 2.05) is 20.8 Å². The molecule has 1 heterocycles. The molecule has 0 bridgehead atoms. The van der Waals surface area contributed by atoms with E-state index in [1.165, 1.54) is 0 Å². The highest BCUT2D eigenvalue weighted by Crippen LogP contribution is 2.28. The number of nitrogens with one attached hydrogen (secondary N) is 1. The molecule has 0 unspecified atom stereocenters.